The van der Waals surface area contributed by atoms with E-state index in [1.54, 1.807) is 0 Å². The fraction of sp³-hybridized carbons (Fsp3) is 0.500. The number of pyridine rings is 1. The molecule has 2 saturated heterocycles. The fourth-order valence-corrected chi connectivity index (χ4v) is 4.95. The van der Waals surface area contributed by atoms with E-state index in [1.165, 1.54) is 0 Å². The number of rotatable bonds is 2. The molecule has 148 valence electrons. The third-order valence-electron chi connectivity index (χ3n) is 6.63. The standard InChI is InChI=1S/C22H27N3O3/c1-14-5-6-18-16(11-14)12-17(15(2)23-18)20(26)25-10-8-22(21(27)28)7-4-9-24(3)19(22)13-25/h5-6,11-12,19H,4,7-10,13H2,1-3H3,(H,27,28)/t19-,22+/m1/s1. The number of carboxylic acid groups (broad SMARTS) is 1. The molecule has 2 atom stereocenters. The number of aliphatic carboxylic acids is 1. The van der Waals surface area contributed by atoms with Gasteiger partial charge in [0.25, 0.3) is 5.91 Å². The third kappa shape index (κ3) is 2.96. The highest BCUT2D eigenvalue weighted by Crippen LogP contribution is 2.42. The number of carbonyl (C=O) groups excluding carboxylic acids is 1. The van der Waals surface area contributed by atoms with Gasteiger partial charge in [-0.3, -0.25) is 14.6 Å². The summed E-state index contributed by atoms with van der Waals surface area (Å²) in [5.41, 5.74) is 2.60. The summed E-state index contributed by atoms with van der Waals surface area (Å²) in [7, 11) is 1.97. The number of hydrogen-bond donors (Lipinski definition) is 1. The first kappa shape index (κ1) is 18.9. The van der Waals surface area contributed by atoms with Gasteiger partial charge in [-0.1, -0.05) is 11.6 Å². The normalized spacial score (nSPS) is 25.5. The molecule has 0 unspecified atom stereocenters. The second-order valence-corrected chi connectivity index (χ2v) is 8.38. The zero-order valence-electron chi connectivity index (χ0n) is 16.7. The molecule has 4 rings (SSSR count). The summed E-state index contributed by atoms with van der Waals surface area (Å²) in [6.07, 6.45) is 2.08. The van der Waals surface area contributed by atoms with Gasteiger partial charge in [0.05, 0.1) is 22.2 Å². The second kappa shape index (κ2) is 6.85. The van der Waals surface area contributed by atoms with Crippen molar-refractivity contribution in [3.05, 3.63) is 41.1 Å². The van der Waals surface area contributed by atoms with Crippen molar-refractivity contribution >= 4 is 22.8 Å². The summed E-state index contributed by atoms with van der Waals surface area (Å²) in [6.45, 7) is 5.69. The molecule has 0 saturated carbocycles. The molecule has 0 bridgehead atoms. The lowest BCUT2D eigenvalue weighted by molar-refractivity contribution is -0.161. The van der Waals surface area contributed by atoms with E-state index in [4.69, 9.17) is 0 Å². The maximum absolute atomic E-state index is 13.3. The Hall–Kier alpha value is -2.47. The first-order valence-corrected chi connectivity index (χ1v) is 9.93. The number of nitrogens with zero attached hydrogens (tertiary/aromatic N) is 3. The Kier molecular flexibility index (Phi) is 4.62. The van der Waals surface area contributed by atoms with Crippen LogP contribution in [0.1, 0.15) is 40.9 Å². The molecular weight excluding hydrogens is 354 g/mol. The van der Waals surface area contributed by atoms with Crippen molar-refractivity contribution in [2.24, 2.45) is 5.41 Å². The summed E-state index contributed by atoms with van der Waals surface area (Å²) in [6, 6.07) is 7.82. The number of amides is 1. The number of aromatic nitrogens is 1. The van der Waals surface area contributed by atoms with Crippen molar-refractivity contribution in [3.8, 4) is 0 Å². The van der Waals surface area contributed by atoms with Crippen LogP contribution in [0, 0.1) is 19.3 Å². The maximum Gasteiger partial charge on any atom is 0.311 e. The lowest BCUT2D eigenvalue weighted by Gasteiger charge is -2.51. The SMILES string of the molecule is Cc1ccc2nc(C)c(C(=O)N3CC[C@@]4(C(=O)O)CCCN(C)[C@@H]4C3)cc2c1. The molecule has 1 amide bonds. The summed E-state index contributed by atoms with van der Waals surface area (Å²) in [5.74, 6) is -0.776. The minimum atomic E-state index is -0.739. The van der Waals surface area contributed by atoms with E-state index in [2.05, 4.69) is 9.88 Å². The molecule has 1 N–H and O–H groups in total. The highest BCUT2D eigenvalue weighted by Gasteiger charge is 2.52. The number of hydrogen-bond acceptors (Lipinski definition) is 4. The van der Waals surface area contributed by atoms with Gasteiger partial charge in [0, 0.05) is 24.5 Å². The van der Waals surface area contributed by atoms with Crippen LogP contribution in [0.2, 0.25) is 0 Å². The van der Waals surface area contributed by atoms with Gasteiger partial charge in [-0.05, 0) is 64.9 Å². The van der Waals surface area contributed by atoms with E-state index in [1.807, 2.05) is 50.1 Å². The topological polar surface area (TPSA) is 73.7 Å². The van der Waals surface area contributed by atoms with Crippen LogP contribution in [0.25, 0.3) is 10.9 Å². The van der Waals surface area contributed by atoms with Crippen LogP contribution in [-0.2, 0) is 4.79 Å². The lowest BCUT2D eigenvalue weighted by Crippen LogP contribution is -2.63. The smallest absolute Gasteiger partial charge is 0.311 e. The summed E-state index contributed by atoms with van der Waals surface area (Å²) >= 11 is 0. The largest absolute Gasteiger partial charge is 0.481 e. The molecular formula is C22H27N3O3. The molecule has 0 radical (unpaired) electrons. The molecule has 2 aliphatic heterocycles. The number of fused-ring (bicyclic) bond motifs is 2. The van der Waals surface area contributed by atoms with E-state index < -0.39 is 11.4 Å². The van der Waals surface area contributed by atoms with E-state index in [-0.39, 0.29) is 11.9 Å². The van der Waals surface area contributed by atoms with E-state index in [0.717, 1.165) is 29.4 Å². The van der Waals surface area contributed by atoms with Crippen molar-refractivity contribution in [2.45, 2.75) is 39.2 Å². The minimum absolute atomic E-state index is 0.0497. The number of carboxylic acids is 1. The molecule has 3 heterocycles. The average molecular weight is 381 g/mol. The summed E-state index contributed by atoms with van der Waals surface area (Å²) in [4.78, 5) is 34.0. The zero-order chi connectivity index (χ0) is 20.1. The highest BCUT2D eigenvalue weighted by molar-refractivity contribution is 5.99. The summed E-state index contributed by atoms with van der Waals surface area (Å²) in [5, 5.41) is 10.9. The van der Waals surface area contributed by atoms with Crippen molar-refractivity contribution < 1.29 is 14.7 Å². The quantitative estimate of drug-likeness (QED) is 0.866. The Bertz CT molecular complexity index is 957. The highest BCUT2D eigenvalue weighted by atomic mass is 16.4. The first-order valence-electron chi connectivity index (χ1n) is 9.93. The van der Waals surface area contributed by atoms with Gasteiger partial charge in [0.1, 0.15) is 0 Å². The summed E-state index contributed by atoms with van der Waals surface area (Å²) < 4.78 is 0. The van der Waals surface area contributed by atoms with Gasteiger partial charge in [0.2, 0.25) is 0 Å². The van der Waals surface area contributed by atoms with Crippen LogP contribution < -0.4 is 0 Å². The Morgan fingerprint density at radius 2 is 1.96 bits per heavy atom. The van der Waals surface area contributed by atoms with Gasteiger partial charge < -0.3 is 14.9 Å². The van der Waals surface area contributed by atoms with Gasteiger partial charge in [-0.25, -0.2) is 0 Å². The first-order chi connectivity index (χ1) is 13.3. The number of aryl methyl sites for hydroxylation is 2. The van der Waals surface area contributed by atoms with Crippen molar-refractivity contribution in [3.63, 3.8) is 0 Å². The van der Waals surface area contributed by atoms with Crippen molar-refractivity contribution in [1.29, 1.82) is 0 Å². The fourth-order valence-electron chi connectivity index (χ4n) is 4.95. The molecule has 6 nitrogen and oxygen atoms in total. The molecule has 6 heteroatoms. The van der Waals surface area contributed by atoms with Gasteiger partial charge >= 0.3 is 5.97 Å². The molecule has 0 spiro atoms. The van der Waals surface area contributed by atoms with Gasteiger partial charge in [-0.15, -0.1) is 0 Å². The Labute approximate surface area is 165 Å². The average Bonchev–Trinajstić information content (AvgIpc) is 2.67. The van der Waals surface area contributed by atoms with Crippen LogP contribution >= 0.6 is 0 Å². The van der Waals surface area contributed by atoms with Gasteiger partial charge in [0.15, 0.2) is 0 Å². The molecule has 28 heavy (non-hydrogen) atoms. The van der Waals surface area contributed by atoms with E-state index >= 15 is 0 Å². The maximum atomic E-state index is 13.3. The number of piperidine rings is 2. The second-order valence-electron chi connectivity index (χ2n) is 8.38. The minimum Gasteiger partial charge on any atom is -0.481 e. The lowest BCUT2D eigenvalue weighted by atomic mass is 9.68. The molecule has 0 aliphatic carbocycles. The Balaban J connectivity index is 1.65. The number of benzene rings is 1. The zero-order valence-corrected chi connectivity index (χ0v) is 16.7. The van der Waals surface area contributed by atoms with Crippen LogP contribution in [0.3, 0.4) is 0 Å². The monoisotopic (exact) mass is 381 g/mol. The van der Waals surface area contributed by atoms with Crippen LogP contribution in [0.15, 0.2) is 24.3 Å². The number of likely N-dealkylation sites (N-methyl/N-ethyl adjacent to an activating group) is 1. The Morgan fingerprint density at radius 1 is 1.18 bits per heavy atom. The number of carbonyl (C=O) groups is 2. The third-order valence-corrected chi connectivity index (χ3v) is 6.63. The van der Waals surface area contributed by atoms with Gasteiger partial charge in [-0.2, -0.15) is 0 Å². The van der Waals surface area contributed by atoms with E-state index in [0.29, 0.717) is 37.2 Å². The Morgan fingerprint density at radius 3 is 2.71 bits per heavy atom. The van der Waals surface area contributed by atoms with Crippen LogP contribution in [0.4, 0.5) is 0 Å². The molecule has 1 aromatic heterocycles. The molecule has 1 aromatic carbocycles. The predicted molar refractivity (Wildman–Crippen MR) is 107 cm³/mol. The van der Waals surface area contributed by atoms with Crippen LogP contribution in [-0.4, -0.2) is 64.5 Å². The molecule has 2 fully saturated rings. The molecule has 2 aromatic rings. The number of likely N-dealkylation sites (tertiary alicyclic amines) is 2. The van der Waals surface area contributed by atoms with E-state index in [9.17, 15) is 14.7 Å². The molecule has 2 aliphatic rings. The van der Waals surface area contributed by atoms with Crippen molar-refractivity contribution in [2.75, 3.05) is 26.7 Å². The van der Waals surface area contributed by atoms with Crippen LogP contribution in [0.5, 0.6) is 0 Å². The van der Waals surface area contributed by atoms with Crippen molar-refractivity contribution in [1.82, 2.24) is 14.8 Å². The predicted octanol–water partition coefficient (Wildman–Crippen LogP) is 2.86.